The van der Waals surface area contributed by atoms with Gasteiger partial charge in [-0.2, -0.15) is 0 Å². The van der Waals surface area contributed by atoms with E-state index in [1.54, 1.807) is 13.0 Å². The van der Waals surface area contributed by atoms with Crippen LogP contribution in [0.25, 0.3) is 6.08 Å². The molecule has 3 nitrogen and oxygen atoms in total. The second-order valence-electron chi connectivity index (χ2n) is 7.24. The second kappa shape index (κ2) is 12.5. The van der Waals surface area contributed by atoms with Crippen LogP contribution in [0, 0.1) is 0 Å². The summed E-state index contributed by atoms with van der Waals surface area (Å²) in [4.78, 5) is 12.8. The lowest BCUT2D eigenvalue weighted by molar-refractivity contribution is -0.134. The van der Waals surface area contributed by atoms with Crippen molar-refractivity contribution in [3.63, 3.8) is 0 Å². The van der Waals surface area contributed by atoms with Crippen molar-refractivity contribution in [3.05, 3.63) is 65.2 Å². The number of hydrogen-bond acceptors (Lipinski definition) is 2. The molecule has 0 saturated carbocycles. The first kappa shape index (κ1) is 26.7. The van der Waals surface area contributed by atoms with E-state index in [0.29, 0.717) is 18.5 Å². The van der Waals surface area contributed by atoms with Crippen LogP contribution in [-0.4, -0.2) is 43.0 Å². The Morgan fingerprint density at radius 2 is 1.74 bits per heavy atom. The molecule has 6 heteroatoms. The molecule has 0 aromatic heterocycles. The number of carboxylic acid groups (broad SMARTS) is 1. The normalized spacial score (nSPS) is 16.1. The van der Waals surface area contributed by atoms with Crippen LogP contribution in [0.4, 0.5) is 8.78 Å². The molecule has 1 aliphatic heterocycles. The Labute approximate surface area is 186 Å². The molecule has 0 amide bonds. The number of alkyl halides is 2. The standard InChI is InChI=1S/C22H25FO3S.C2H6.CH3F/c1-4-19(23)21-18(22(24)25)13-16-12-17(10-11-20(16)26-21)27(2,3)14-15-8-6-5-7-9-15;2*1-2/h5-13,19,21H,4,14H2,1-3H3,(H,24,25);1-2H3;1H3. The fourth-order valence-electron chi connectivity index (χ4n) is 3.28. The van der Waals surface area contributed by atoms with Gasteiger partial charge in [-0.15, -0.1) is 0 Å². The monoisotopic (exact) mass is 452 g/mol. The Morgan fingerprint density at radius 1 is 1.13 bits per heavy atom. The maximum atomic E-state index is 14.2. The SMILES string of the molecule is CC.CCC(F)C1Oc2ccc(S(C)(C)Cc3ccccc3)cc2C=C1C(=O)O.CF. The van der Waals surface area contributed by atoms with Crippen molar-refractivity contribution in [2.45, 2.75) is 50.1 Å². The lowest BCUT2D eigenvalue weighted by Crippen LogP contribution is -2.35. The van der Waals surface area contributed by atoms with Crippen molar-refractivity contribution >= 4 is 22.1 Å². The average Bonchev–Trinajstić information content (AvgIpc) is 2.80. The van der Waals surface area contributed by atoms with Gasteiger partial charge in [0.1, 0.15) is 11.9 Å². The van der Waals surface area contributed by atoms with Crippen molar-refractivity contribution in [1.82, 2.24) is 0 Å². The van der Waals surface area contributed by atoms with Crippen LogP contribution in [-0.2, 0) is 10.5 Å². The van der Waals surface area contributed by atoms with Crippen LogP contribution in [0.1, 0.15) is 38.3 Å². The largest absolute Gasteiger partial charge is 0.482 e. The first-order valence-corrected chi connectivity index (χ1v) is 13.0. The molecule has 0 saturated heterocycles. The van der Waals surface area contributed by atoms with Gasteiger partial charge in [0.2, 0.25) is 0 Å². The number of carbonyl (C=O) groups is 1. The van der Waals surface area contributed by atoms with Crippen molar-refractivity contribution in [2.24, 2.45) is 0 Å². The van der Waals surface area contributed by atoms with E-state index >= 15 is 0 Å². The molecule has 0 bridgehead atoms. The first-order chi connectivity index (χ1) is 14.8. The molecule has 0 spiro atoms. The maximum absolute atomic E-state index is 14.2. The van der Waals surface area contributed by atoms with Crippen LogP contribution in [0.2, 0.25) is 0 Å². The topological polar surface area (TPSA) is 46.5 Å². The third kappa shape index (κ3) is 6.82. The van der Waals surface area contributed by atoms with E-state index in [1.807, 2.05) is 50.2 Å². The summed E-state index contributed by atoms with van der Waals surface area (Å²) in [5.74, 6) is 0.344. The number of rotatable bonds is 6. The highest BCUT2D eigenvalue weighted by Gasteiger charge is 2.34. The van der Waals surface area contributed by atoms with Gasteiger partial charge in [-0.1, -0.05) is 51.1 Å². The van der Waals surface area contributed by atoms with Crippen LogP contribution >= 0.6 is 10.0 Å². The van der Waals surface area contributed by atoms with Crippen LogP contribution in [0.15, 0.2) is 59.0 Å². The molecule has 1 heterocycles. The maximum Gasteiger partial charge on any atom is 0.335 e. The quantitative estimate of drug-likeness (QED) is 0.519. The first-order valence-electron chi connectivity index (χ1n) is 10.3. The zero-order valence-corrected chi connectivity index (χ0v) is 20.0. The molecular weight excluding hydrogens is 418 g/mol. The minimum atomic E-state index is -1.35. The summed E-state index contributed by atoms with van der Waals surface area (Å²) < 4.78 is 29.4. The summed E-state index contributed by atoms with van der Waals surface area (Å²) in [6.45, 7) is 5.68. The molecule has 2 atom stereocenters. The Morgan fingerprint density at radius 3 is 2.29 bits per heavy atom. The van der Waals surface area contributed by atoms with Gasteiger partial charge in [-0.3, -0.25) is 4.39 Å². The van der Waals surface area contributed by atoms with Gasteiger partial charge in [0.15, 0.2) is 6.10 Å². The Balaban J connectivity index is 0.00000113. The number of fused-ring (bicyclic) bond motifs is 1. The highest BCUT2D eigenvalue weighted by molar-refractivity contribution is 8.32. The van der Waals surface area contributed by atoms with Gasteiger partial charge in [0, 0.05) is 11.3 Å². The van der Waals surface area contributed by atoms with Crippen LogP contribution < -0.4 is 4.74 Å². The molecule has 172 valence electrons. The predicted molar refractivity (Wildman–Crippen MR) is 128 cm³/mol. The highest BCUT2D eigenvalue weighted by atomic mass is 32.3. The summed E-state index contributed by atoms with van der Waals surface area (Å²) >= 11 is 0. The predicted octanol–water partition coefficient (Wildman–Crippen LogP) is 6.90. The molecule has 2 aromatic rings. The van der Waals surface area contributed by atoms with E-state index < -0.39 is 28.3 Å². The van der Waals surface area contributed by atoms with Crippen molar-refractivity contribution in [2.75, 3.05) is 19.7 Å². The molecular formula is C25H34F2O3S. The molecule has 31 heavy (non-hydrogen) atoms. The Hall–Kier alpha value is -2.34. The van der Waals surface area contributed by atoms with E-state index in [4.69, 9.17) is 4.74 Å². The summed E-state index contributed by atoms with van der Waals surface area (Å²) in [5, 5.41) is 9.49. The molecule has 0 fully saturated rings. The van der Waals surface area contributed by atoms with Gasteiger partial charge in [0.25, 0.3) is 0 Å². The zero-order valence-electron chi connectivity index (χ0n) is 19.2. The zero-order chi connectivity index (χ0) is 23.6. The molecule has 0 radical (unpaired) electrons. The lowest BCUT2D eigenvalue weighted by atomic mass is 9.97. The summed E-state index contributed by atoms with van der Waals surface area (Å²) in [6.07, 6.45) is 3.85. The van der Waals surface area contributed by atoms with E-state index in [9.17, 15) is 18.7 Å². The molecule has 2 aromatic carbocycles. The van der Waals surface area contributed by atoms with E-state index in [1.165, 1.54) is 10.5 Å². The molecule has 3 rings (SSSR count). The van der Waals surface area contributed by atoms with E-state index in [0.717, 1.165) is 5.75 Å². The number of halogens is 2. The summed E-state index contributed by atoms with van der Waals surface area (Å²) in [7, 11) is -0.625. The fourth-order valence-corrected chi connectivity index (χ4v) is 5.36. The summed E-state index contributed by atoms with van der Waals surface area (Å²) in [6, 6.07) is 16.2. The third-order valence-electron chi connectivity index (χ3n) is 4.83. The Bertz CT molecular complexity index is 866. The van der Waals surface area contributed by atoms with Crippen molar-refractivity contribution in [1.29, 1.82) is 0 Å². The Kier molecular flexibility index (Phi) is 10.8. The summed E-state index contributed by atoms with van der Waals surface area (Å²) in [5.41, 5.74) is 1.96. The van der Waals surface area contributed by atoms with Gasteiger partial charge in [-0.05, 0) is 53.7 Å². The second-order valence-corrected chi connectivity index (χ2v) is 11.1. The van der Waals surface area contributed by atoms with Crippen molar-refractivity contribution in [3.8, 4) is 5.75 Å². The number of ether oxygens (including phenoxy) is 1. The molecule has 1 N–H and O–H groups in total. The number of benzene rings is 2. The van der Waals surface area contributed by atoms with Gasteiger partial charge >= 0.3 is 5.97 Å². The number of hydrogen-bond donors (Lipinski definition) is 1. The lowest BCUT2D eigenvalue weighted by Gasteiger charge is -2.34. The number of aliphatic carboxylic acids is 1. The van der Waals surface area contributed by atoms with Gasteiger partial charge in [0.05, 0.1) is 12.8 Å². The molecule has 0 aliphatic carbocycles. The smallest absolute Gasteiger partial charge is 0.335 e. The van der Waals surface area contributed by atoms with Crippen LogP contribution in [0.3, 0.4) is 0 Å². The van der Waals surface area contributed by atoms with E-state index in [2.05, 4.69) is 24.6 Å². The van der Waals surface area contributed by atoms with Crippen LogP contribution in [0.5, 0.6) is 5.75 Å². The molecule has 2 unspecified atom stereocenters. The third-order valence-corrected chi connectivity index (χ3v) is 7.41. The minimum absolute atomic E-state index is 0.0233. The highest BCUT2D eigenvalue weighted by Crippen LogP contribution is 2.53. The number of carboxylic acids is 1. The molecule has 1 aliphatic rings. The van der Waals surface area contributed by atoms with Crippen molar-refractivity contribution < 1.29 is 23.4 Å². The average molecular weight is 453 g/mol. The van der Waals surface area contributed by atoms with Gasteiger partial charge < -0.3 is 9.84 Å². The fraction of sp³-hybridized carbons (Fsp3) is 0.400. The minimum Gasteiger partial charge on any atom is -0.482 e. The van der Waals surface area contributed by atoms with Gasteiger partial charge in [-0.25, -0.2) is 19.2 Å². The van der Waals surface area contributed by atoms with E-state index in [-0.39, 0.29) is 12.0 Å².